The zero-order chi connectivity index (χ0) is 9.10. The van der Waals surface area contributed by atoms with E-state index in [1.165, 1.54) is 4.68 Å². The van der Waals surface area contributed by atoms with Crippen LogP contribution in [-0.4, -0.2) is 30.3 Å². The molecule has 2 rings (SSSR count). The second-order valence-corrected chi connectivity index (χ2v) is 2.39. The van der Waals surface area contributed by atoms with Crippen LogP contribution in [0.4, 0.5) is 0 Å². The predicted molar refractivity (Wildman–Crippen MR) is 43.3 cm³/mol. The molecule has 0 atom stereocenters. The van der Waals surface area contributed by atoms with E-state index >= 15 is 0 Å². The zero-order valence-corrected chi connectivity index (χ0v) is 6.70. The van der Waals surface area contributed by atoms with Crippen LogP contribution < -0.4 is 0 Å². The quantitative estimate of drug-likeness (QED) is 0.680. The molecule has 0 aliphatic rings. The topological polar surface area (TPSA) is 76.7 Å². The normalized spacial score (nSPS) is 10.2. The molecule has 0 aromatic carbocycles. The number of hydrogen-bond acceptors (Lipinski definition) is 5. The number of hydrogen-bond donors (Lipinski definition) is 1. The van der Waals surface area contributed by atoms with Crippen molar-refractivity contribution in [3.63, 3.8) is 0 Å². The Morgan fingerprint density at radius 3 is 3.08 bits per heavy atom. The van der Waals surface area contributed by atoms with E-state index in [4.69, 9.17) is 5.11 Å². The summed E-state index contributed by atoms with van der Waals surface area (Å²) in [4.78, 5) is 3.93. The largest absolute Gasteiger partial charge is 0.374 e. The van der Waals surface area contributed by atoms with Gasteiger partial charge in [0.1, 0.15) is 6.73 Å². The molecule has 2 aromatic rings. The van der Waals surface area contributed by atoms with Crippen molar-refractivity contribution in [2.45, 2.75) is 6.73 Å². The molecule has 0 bridgehead atoms. The van der Waals surface area contributed by atoms with Gasteiger partial charge in [-0.1, -0.05) is 0 Å². The van der Waals surface area contributed by atoms with Crippen LogP contribution in [0.1, 0.15) is 0 Å². The zero-order valence-electron chi connectivity index (χ0n) is 6.70. The summed E-state index contributed by atoms with van der Waals surface area (Å²) in [6.07, 6.45) is 3.30. The number of nitrogens with zero attached hydrogens (tertiary/aromatic N) is 5. The van der Waals surface area contributed by atoms with Crippen LogP contribution >= 0.6 is 0 Å². The van der Waals surface area contributed by atoms with Crippen molar-refractivity contribution >= 4 is 0 Å². The number of aliphatic hydroxyl groups excluding tert-OH is 1. The molecule has 6 nitrogen and oxygen atoms in total. The second kappa shape index (κ2) is 3.28. The molecule has 6 heteroatoms. The highest BCUT2D eigenvalue weighted by molar-refractivity contribution is 5.52. The Morgan fingerprint density at radius 1 is 1.46 bits per heavy atom. The van der Waals surface area contributed by atoms with Gasteiger partial charge in [-0.15, -0.1) is 5.10 Å². The Bertz CT molecular complexity index is 385. The van der Waals surface area contributed by atoms with Crippen LogP contribution in [0.15, 0.2) is 24.5 Å². The van der Waals surface area contributed by atoms with Gasteiger partial charge in [-0.3, -0.25) is 4.98 Å². The van der Waals surface area contributed by atoms with E-state index in [1.807, 2.05) is 6.07 Å². The average Bonchev–Trinajstić information content (AvgIpc) is 2.67. The molecule has 0 fully saturated rings. The first kappa shape index (κ1) is 7.81. The van der Waals surface area contributed by atoms with Gasteiger partial charge in [-0.05, 0) is 22.6 Å². The summed E-state index contributed by atoms with van der Waals surface area (Å²) in [5.74, 6) is 0.510. The van der Waals surface area contributed by atoms with Gasteiger partial charge in [-0.2, -0.15) is 4.68 Å². The van der Waals surface area contributed by atoms with E-state index in [9.17, 15) is 0 Å². The Kier molecular flexibility index (Phi) is 1.97. The maximum absolute atomic E-state index is 8.87. The number of aliphatic hydroxyl groups is 1. The van der Waals surface area contributed by atoms with Gasteiger partial charge in [0.15, 0.2) is 5.82 Å². The third-order valence-corrected chi connectivity index (χ3v) is 1.59. The molecule has 66 valence electrons. The molecule has 2 heterocycles. The first-order valence-electron chi connectivity index (χ1n) is 3.69. The standard InChI is InChI=1S/C7H7N5O/c13-5-12-7(9-10-11-12)6-2-1-3-8-4-6/h1-4,13H,5H2. The van der Waals surface area contributed by atoms with Gasteiger partial charge >= 0.3 is 0 Å². The van der Waals surface area contributed by atoms with Crippen LogP contribution in [0.2, 0.25) is 0 Å². The van der Waals surface area contributed by atoms with E-state index in [1.54, 1.807) is 18.5 Å². The lowest BCUT2D eigenvalue weighted by atomic mass is 10.3. The van der Waals surface area contributed by atoms with Crippen LogP contribution in [0, 0.1) is 0 Å². The fourth-order valence-corrected chi connectivity index (χ4v) is 1.00. The van der Waals surface area contributed by atoms with Crippen molar-refractivity contribution in [1.82, 2.24) is 25.2 Å². The molecule has 0 aliphatic carbocycles. The number of rotatable bonds is 2. The van der Waals surface area contributed by atoms with Crippen molar-refractivity contribution in [1.29, 1.82) is 0 Å². The molecule has 0 unspecified atom stereocenters. The first-order valence-corrected chi connectivity index (χ1v) is 3.69. The highest BCUT2D eigenvalue weighted by Gasteiger charge is 2.06. The summed E-state index contributed by atoms with van der Waals surface area (Å²) in [5.41, 5.74) is 0.779. The summed E-state index contributed by atoms with van der Waals surface area (Å²) < 4.78 is 1.29. The minimum atomic E-state index is -0.239. The second-order valence-electron chi connectivity index (χ2n) is 2.39. The molecular weight excluding hydrogens is 170 g/mol. The van der Waals surface area contributed by atoms with Crippen LogP contribution in [-0.2, 0) is 6.73 Å². The first-order chi connectivity index (χ1) is 6.42. The Morgan fingerprint density at radius 2 is 2.38 bits per heavy atom. The van der Waals surface area contributed by atoms with Gasteiger partial charge in [0.25, 0.3) is 0 Å². The monoisotopic (exact) mass is 177 g/mol. The fourth-order valence-electron chi connectivity index (χ4n) is 1.00. The molecular formula is C7H7N5O. The van der Waals surface area contributed by atoms with Crippen molar-refractivity contribution in [2.75, 3.05) is 0 Å². The van der Waals surface area contributed by atoms with Gasteiger partial charge in [0.05, 0.1) is 0 Å². The SMILES string of the molecule is OCn1nnnc1-c1cccnc1. The van der Waals surface area contributed by atoms with E-state index in [0.29, 0.717) is 5.82 Å². The predicted octanol–water partition coefficient (Wildman–Crippen LogP) is -0.315. The summed E-state index contributed by atoms with van der Waals surface area (Å²) in [5, 5.41) is 19.7. The molecule has 0 saturated carbocycles. The van der Waals surface area contributed by atoms with E-state index in [0.717, 1.165) is 5.56 Å². The van der Waals surface area contributed by atoms with Gasteiger partial charge < -0.3 is 5.11 Å². The number of aromatic nitrogens is 5. The van der Waals surface area contributed by atoms with E-state index < -0.39 is 0 Å². The summed E-state index contributed by atoms with van der Waals surface area (Å²) in [6.45, 7) is -0.239. The molecule has 0 aliphatic heterocycles. The summed E-state index contributed by atoms with van der Waals surface area (Å²) in [6, 6.07) is 3.61. The molecule has 0 amide bonds. The minimum Gasteiger partial charge on any atom is -0.374 e. The Hall–Kier alpha value is -1.82. The molecule has 2 aromatic heterocycles. The average molecular weight is 177 g/mol. The van der Waals surface area contributed by atoms with Gasteiger partial charge in [0, 0.05) is 18.0 Å². The minimum absolute atomic E-state index is 0.239. The highest BCUT2D eigenvalue weighted by atomic mass is 16.3. The van der Waals surface area contributed by atoms with E-state index in [2.05, 4.69) is 20.5 Å². The smallest absolute Gasteiger partial charge is 0.185 e. The summed E-state index contributed by atoms with van der Waals surface area (Å²) in [7, 11) is 0. The molecule has 0 saturated heterocycles. The van der Waals surface area contributed by atoms with Gasteiger partial charge in [0.2, 0.25) is 0 Å². The van der Waals surface area contributed by atoms with Crippen molar-refractivity contribution < 1.29 is 5.11 Å². The van der Waals surface area contributed by atoms with Gasteiger partial charge in [-0.25, -0.2) is 0 Å². The summed E-state index contributed by atoms with van der Waals surface area (Å²) >= 11 is 0. The molecule has 0 radical (unpaired) electrons. The molecule has 1 N–H and O–H groups in total. The van der Waals surface area contributed by atoms with Crippen LogP contribution in [0.25, 0.3) is 11.4 Å². The molecule has 13 heavy (non-hydrogen) atoms. The van der Waals surface area contributed by atoms with Crippen molar-refractivity contribution in [2.24, 2.45) is 0 Å². The maximum atomic E-state index is 8.87. The lowest BCUT2D eigenvalue weighted by Crippen LogP contribution is -2.01. The molecule has 0 spiro atoms. The third kappa shape index (κ3) is 1.38. The fraction of sp³-hybridized carbons (Fsp3) is 0.143. The van der Waals surface area contributed by atoms with Crippen molar-refractivity contribution in [3.05, 3.63) is 24.5 Å². The third-order valence-electron chi connectivity index (χ3n) is 1.59. The van der Waals surface area contributed by atoms with Crippen LogP contribution in [0.3, 0.4) is 0 Å². The van der Waals surface area contributed by atoms with E-state index in [-0.39, 0.29) is 6.73 Å². The maximum Gasteiger partial charge on any atom is 0.185 e. The number of tetrazole rings is 1. The number of pyridine rings is 1. The van der Waals surface area contributed by atoms with Crippen LogP contribution in [0.5, 0.6) is 0 Å². The lowest BCUT2D eigenvalue weighted by molar-refractivity contribution is 0.194. The lowest BCUT2D eigenvalue weighted by Gasteiger charge is -1.98. The highest BCUT2D eigenvalue weighted by Crippen LogP contribution is 2.12. The van der Waals surface area contributed by atoms with Crippen molar-refractivity contribution in [3.8, 4) is 11.4 Å². The Labute approximate surface area is 73.9 Å². The Balaban J connectivity index is 2.47.